The van der Waals surface area contributed by atoms with Crippen molar-refractivity contribution >= 4 is 29.1 Å². The van der Waals surface area contributed by atoms with Gasteiger partial charge in [-0.25, -0.2) is 0 Å². The summed E-state index contributed by atoms with van der Waals surface area (Å²) in [5, 5.41) is 7.57. The van der Waals surface area contributed by atoms with E-state index in [1.54, 1.807) is 6.07 Å². The zero-order valence-corrected chi connectivity index (χ0v) is 13.4. The van der Waals surface area contributed by atoms with Gasteiger partial charge in [-0.2, -0.15) is 0 Å². The molecule has 0 bridgehead atoms. The summed E-state index contributed by atoms with van der Waals surface area (Å²) in [6.07, 6.45) is 4.03. The van der Waals surface area contributed by atoms with Crippen LogP contribution in [0.3, 0.4) is 0 Å². The number of carbonyl (C=O) groups is 1. The highest BCUT2D eigenvalue weighted by atomic mass is 35.5. The van der Waals surface area contributed by atoms with E-state index in [1.807, 2.05) is 12.1 Å². The number of hydrogen-bond donors (Lipinski definition) is 2. The summed E-state index contributed by atoms with van der Waals surface area (Å²) in [6, 6.07) is 5.61. The van der Waals surface area contributed by atoms with Crippen molar-refractivity contribution < 1.29 is 4.79 Å². The molecule has 3 rings (SSSR count). The van der Waals surface area contributed by atoms with Gasteiger partial charge in [-0.05, 0) is 55.8 Å². The lowest BCUT2D eigenvalue weighted by Crippen LogP contribution is -2.34. The number of halogens is 2. The summed E-state index contributed by atoms with van der Waals surface area (Å²) < 4.78 is 0. The van der Waals surface area contributed by atoms with Crippen molar-refractivity contribution in [3.63, 3.8) is 0 Å². The van der Waals surface area contributed by atoms with Gasteiger partial charge in [-0.15, -0.1) is 0 Å². The molecule has 1 aliphatic heterocycles. The second kappa shape index (κ2) is 6.15. The van der Waals surface area contributed by atoms with E-state index in [0.717, 1.165) is 37.9 Å². The van der Waals surface area contributed by atoms with Crippen LogP contribution in [0.1, 0.15) is 24.8 Å². The van der Waals surface area contributed by atoms with Gasteiger partial charge < -0.3 is 10.6 Å². The van der Waals surface area contributed by atoms with Crippen molar-refractivity contribution in [3.8, 4) is 0 Å². The molecule has 5 heteroatoms. The van der Waals surface area contributed by atoms with Crippen LogP contribution in [0.2, 0.25) is 10.0 Å². The van der Waals surface area contributed by atoms with Crippen LogP contribution in [-0.2, 0) is 11.2 Å². The average molecular weight is 327 g/mol. The lowest BCUT2D eigenvalue weighted by molar-refractivity contribution is -0.123. The highest BCUT2D eigenvalue weighted by Crippen LogP contribution is 2.58. The minimum Gasteiger partial charge on any atom is -0.356 e. The van der Waals surface area contributed by atoms with Gasteiger partial charge in [-0.3, -0.25) is 4.79 Å². The van der Waals surface area contributed by atoms with Crippen LogP contribution in [0.5, 0.6) is 0 Å². The van der Waals surface area contributed by atoms with Crippen LogP contribution in [0, 0.1) is 11.3 Å². The van der Waals surface area contributed by atoms with Crippen LogP contribution in [0.25, 0.3) is 0 Å². The molecule has 1 aliphatic carbocycles. The summed E-state index contributed by atoms with van der Waals surface area (Å²) in [5.74, 6) is 0.421. The molecule has 1 spiro atoms. The van der Waals surface area contributed by atoms with Crippen LogP contribution in [-0.4, -0.2) is 25.5 Å². The molecule has 2 fully saturated rings. The largest absolute Gasteiger partial charge is 0.356 e. The van der Waals surface area contributed by atoms with Gasteiger partial charge in [0.2, 0.25) is 5.91 Å². The Hall–Kier alpha value is -0.770. The van der Waals surface area contributed by atoms with Crippen LogP contribution >= 0.6 is 23.2 Å². The monoisotopic (exact) mass is 326 g/mol. The molecular weight excluding hydrogens is 307 g/mol. The molecular formula is C16H20Cl2N2O. The predicted octanol–water partition coefficient (Wildman–Crippen LogP) is 3.04. The number of benzene rings is 1. The summed E-state index contributed by atoms with van der Waals surface area (Å²) in [6.45, 7) is 2.70. The van der Waals surface area contributed by atoms with Crippen LogP contribution in [0.15, 0.2) is 18.2 Å². The van der Waals surface area contributed by atoms with Crippen molar-refractivity contribution in [1.29, 1.82) is 0 Å². The molecule has 1 saturated carbocycles. The molecule has 3 nitrogen and oxygen atoms in total. The third-order valence-electron chi connectivity index (χ3n) is 4.83. The molecule has 0 aromatic heterocycles. The highest BCUT2D eigenvalue weighted by molar-refractivity contribution is 6.42. The normalized spacial score (nSPS) is 23.0. The quantitative estimate of drug-likeness (QED) is 0.892. The van der Waals surface area contributed by atoms with Gasteiger partial charge in [0.05, 0.1) is 10.0 Å². The first kappa shape index (κ1) is 15.1. The number of piperidine rings is 1. The fourth-order valence-corrected chi connectivity index (χ4v) is 3.80. The Morgan fingerprint density at radius 2 is 2.10 bits per heavy atom. The Morgan fingerprint density at radius 3 is 2.86 bits per heavy atom. The smallest absolute Gasteiger partial charge is 0.223 e. The Balaban J connectivity index is 1.48. The first-order chi connectivity index (χ1) is 10.1. The van der Waals surface area contributed by atoms with Crippen molar-refractivity contribution in [1.82, 2.24) is 10.6 Å². The SMILES string of the molecule is O=C(NCCc1cccc(Cl)c1Cl)[C@@H]1CC12CCNCC2. The lowest BCUT2D eigenvalue weighted by atomic mass is 9.92. The minimum atomic E-state index is 0.204. The first-order valence-corrected chi connectivity index (χ1v) is 8.29. The molecule has 2 N–H and O–H groups in total. The number of nitrogens with one attached hydrogen (secondary N) is 2. The number of carbonyl (C=O) groups excluding carboxylic acids is 1. The maximum atomic E-state index is 12.2. The van der Waals surface area contributed by atoms with E-state index in [4.69, 9.17) is 23.2 Å². The molecule has 1 heterocycles. The van der Waals surface area contributed by atoms with Crippen LogP contribution in [0.4, 0.5) is 0 Å². The second-order valence-electron chi connectivity index (χ2n) is 6.12. The zero-order valence-electron chi connectivity index (χ0n) is 11.9. The summed E-state index contributed by atoms with van der Waals surface area (Å²) in [7, 11) is 0. The molecule has 0 radical (unpaired) electrons. The molecule has 0 unspecified atom stereocenters. The lowest BCUT2D eigenvalue weighted by Gasteiger charge is -2.23. The molecule has 1 saturated heterocycles. The van der Waals surface area contributed by atoms with Gasteiger partial charge in [0.1, 0.15) is 0 Å². The fourth-order valence-electron chi connectivity index (χ4n) is 3.38. The predicted molar refractivity (Wildman–Crippen MR) is 85.8 cm³/mol. The van der Waals surface area contributed by atoms with E-state index >= 15 is 0 Å². The van der Waals surface area contributed by atoms with Gasteiger partial charge in [0, 0.05) is 12.5 Å². The number of rotatable bonds is 4. The average Bonchev–Trinajstić information content (AvgIpc) is 3.17. The summed E-state index contributed by atoms with van der Waals surface area (Å²) >= 11 is 12.1. The van der Waals surface area contributed by atoms with E-state index in [0.29, 0.717) is 28.4 Å². The zero-order chi connectivity index (χ0) is 14.9. The van der Waals surface area contributed by atoms with E-state index in [1.165, 1.54) is 0 Å². The fraction of sp³-hybridized carbons (Fsp3) is 0.562. The van der Waals surface area contributed by atoms with E-state index in [-0.39, 0.29) is 11.8 Å². The molecule has 2 aliphatic rings. The third-order valence-corrected chi connectivity index (χ3v) is 5.69. The molecule has 21 heavy (non-hydrogen) atoms. The molecule has 114 valence electrons. The molecule has 1 aromatic carbocycles. The third kappa shape index (κ3) is 3.20. The van der Waals surface area contributed by atoms with E-state index in [2.05, 4.69) is 10.6 Å². The Labute approximate surface area is 135 Å². The van der Waals surface area contributed by atoms with Crippen molar-refractivity contribution in [2.45, 2.75) is 25.7 Å². The van der Waals surface area contributed by atoms with Crippen molar-refractivity contribution in [2.24, 2.45) is 11.3 Å². The van der Waals surface area contributed by atoms with Crippen molar-refractivity contribution in [2.75, 3.05) is 19.6 Å². The van der Waals surface area contributed by atoms with Gasteiger partial charge >= 0.3 is 0 Å². The van der Waals surface area contributed by atoms with Gasteiger partial charge in [0.15, 0.2) is 0 Å². The van der Waals surface area contributed by atoms with Gasteiger partial charge in [-0.1, -0.05) is 35.3 Å². The maximum Gasteiger partial charge on any atom is 0.223 e. The van der Waals surface area contributed by atoms with Crippen LogP contribution < -0.4 is 10.6 Å². The standard InChI is InChI=1S/C16H20Cl2N2O/c17-13-3-1-2-11(14(13)18)4-7-20-15(21)12-10-16(12)5-8-19-9-6-16/h1-3,12,19H,4-10H2,(H,20,21)/t12-/m0/s1. The topological polar surface area (TPSA) is 41.1 Å². The highest BCUT2D eigenvalue weighted by Gasteiger charge is 2.57. The maximum absolute atomic E-state index is 12.2. The summed E-state index contributed by atoms with van der Waals surface area (Å²) in [5.41, 5.74) is 1.28. The minimum absolute atomic E-state index is 0.204. The Kier molecular flexibility index (Phi) is 4.43. The molecule has 1 atom stereocenters. The molecule has 1 amide bonds. The van der Waals surface area contributed by atoms with Crippen molar-refractivity contribution in [3.05, 3.63) is 33.8 Å². The first-order valence-electron chi connectivity index (χ1n) is 7.54. The Morgan fingerprint density at radius 1 is 1.33 bits per heavy atom. The second-order valence-corrected chi connectivity index (χ2v) is 6.91. The number of hydrogen-bond acceptors (Lipinski definition) is 2. The number of amides is 1. The Bertz CT molecular complexity index is 541. The van der Waals surface area contributed by atoms with E-state index in [9.17, 15) is 4.79 Å². The molecule has 1 aromatic rings. The summed E-state index contributed by atoms with van der Waals surface area (Å²) in [4.78, 5) is 12.2. The van der Waals surface area contributed by atoms with E-state index < -0.39 is 0 Å². The van der Waals surface area contributed by atoms with Gasteiger partial charge in [0.25, 0.3) is 0 Å².